The van der Waals surface area contributed by atoms with Crippen molar-refractivity contribution in [1.29, 1.82) is 0 Å². The van der Waals surface area contributed by atoms with E-state index >= 15 is 0 Å². The maximum absolute atomic E-state index is 8.52. The van der Waals surface area contributed by atoms with Crippen molar-refractivity contribution in [2.45, 2.75) is 0 Å². The minimum atomic E-state index is -5.17. The molecule has 0 aromatic carbocycles. The van der Waals surface area contributed by atoms with Gasteiger partial charge in [0.2, 0.25) is 0 Å². The maximum atomic E-state index is 8.52. The molecule has 5 nitrogen and oxygen atoms in total. The molecule has 8 heavy (non-hydrogen) atoms. The Labute approximate surface area is 110 Å². The molecule has 44 valence electrons. The van der Waals surface area contributed by atoms with Crippen LogP contribution in [0.25, 0.3) is 0 Å². The molecule has 0 aliphatic heterocycles. The topological polar surface area (TPSA) is 112 Å². The Hall–Kier alpha value is 2.35. The van der Waals surface area contributed by atoms with Gasteiger partial charge >= 0.3 is 75.5 Å². The fraction of sp³-hybridized carbons (Fsp3) is 0. The van der Waals surface area contributed by atoms with Crippen LogP contribution in [0, 0.1) is 0 Å². The minimum absolute atomic E-state index is 0. The molecule has 0 radical (unpaired) electrons. The molecular formula is H4Ca2O5S. The third-order valence-corrected chi connectivity index (χ3v) is 0. The molecule has 0 atom stereocenters. The monoisotopic (exact) mass is 196 g/mol. The predicted molar refractivity (Wildman–Crippen MR) is 27.8 cm³/mol. The fourth-order valence-corrected chi connectivity index (χ4v) is 0. The van der Waals surface area contributed by atoms with E-state index in [1.54, 1.807) is 0 Å². The Balaban J connectivity index is -0.00000000800. The molecule has 0 saturated carbocycles. The summed E-state index contributed by atoms with van der Waals surface area (Å²) in [6.45, 7) is 0. The van der Waals surface area contributed by atoms with E-state index in [1.165, 1.54) is 0 Å². The van der Waals surface area contributed by atoms with Crippen LogP contribution >= 0.6 is 0 Å². The third kappa shape index (κ3) is 81.7. The van der Waals surface area contributed by atoms with E-state index in [1.807, 2.05) is 0 Å². The smallest absolute Gasteiger partial charge is 1.00 e. The number of hydrogen-bond acceptors (Lipinski definition) is 4. The van der Waals surface area contributed by atoms with E-state index in [4.69, 9.17) is 17.5 Å². The van der Waals surface area contributed by atoms with Crippen LogP contribution < -0.4 is 0 Å². The van der Waals surface area contributed by atoms with E-state index in [0.717, 1.165) is 0 Å². The zero-order valence-corrected chi connectivity index (χ0v) is 9.19. The molecule has 0 aromatic heterocycles. The van der Waals surface area contributed by atoms with Crippen molar-refractivity contribution < 1.29 is 25.9 Å². The summed E-state index contributed by atoms with van der Waals surface area (Å²) in [5.41, 5.74) is 0. The van der Waals surface area contributed by atoms with Crippen LogP contribution in [-0.4, -0.2) is 98.5 Å². The van der Waals surface area contributed by atoms with Gasteiger partial charge in [-0.25, -0.2) is 0 Å². The second-order valence-corrected chi connectivity index (χ2v) is 1.22. The molecule has 0 rings (SSSR count). The molecule has 0 heterocycles. The quantitative estimate of drug-likeness (QED) is 0.238. The van der Waals surface area contributed by atoms with Gasteiger partial charge in [-0.05, 0) is 0 Å². The molecule has 0 bridgehead atoms. The zero-order chi connectivity index (χ0) is 4.50. The number of hydrogen-bond donors (Lipinski definition) is 0. The summed E-state index contributed by atoms with van der Waals surface area (Å²) < 4.78 is 34.1. The predicted octanol–water partition coefficient (Wildman–Crippen LogP) is -2.70. The van der Waals surface area contributed by atoms with E-state index in [9.17, 15) is 0 Å². The molecule has 0 aliphatic carbocycles. The first-order chi connectivity index (χ1) is 2.00. The van der Waals surface area contributed by atoms with Gasteiger partial charge < -0.3 is 17.4 Å². The molecule has 0 amide bonds. The Bertz CT molecular complexity index is 101. The third-order valence-electron chi connectivity index (χ3n) is 0. The molecule has 0 aromatic rings. The van der Waals surface area contributed by atoms with E-state index in [-0.39, 0.29) is 83.8 Å². The summed E-state index contributed by atoms with van der Waals surface area (Å²) in [5.74, 6) is 0. The Kier molecular flexibility index (Phi) is 26.2. The minimum Gasteiger partial charge on any atom is -1.00 e. The average molecular weight is 196 g/mol. The largest absolute Gasteiger partial charge is 2.00 e. The summed E-state index contributed by atoms with van der Waals surface area (Å²) in [7, 11) is -5.17. The number of rotatable bonds is 0. The maximum Gasteiger partial charge on any atom is 2.00 e. The Morgan fingerprint density at radius 2 is 1.12 bits per heavy atom. The SMILES string of the molecule is O.O=S(=O)([O-])[O-].[Ca+2].[Ca+2].[H-].[H-]. The van der Waals surface area contributed by atoms with Gasteiger partial charge in [0.15, 0.2) is 0 Å². The van der Waals surface area contributed by atoms with Crippen LogP contribution in [-0.2, 0) is 10.4 Å². The van der Waals surface area contributed by atoms with Crippen molar-refractivity contribution in [3.05, 3.63) is 0 Å². The van der Waals surface area contributed by atoms with Gasteiger partial charge in [0, 0.05) is 10.4 Å². The van der Waals surface area contributed by atoms with Gasteiger partial charge in [-0.2, -0.15) is 0 Å². The standard InChI is InChI=1S/2Ca.H2O4S.H2O.2H/c;;1-5(2,3)4;;;/h;;(H2,1,2,3,4);1H2;;/q2*+2;;;2*-1/p-2. The van der Waals surface area contributed by atoms with Gasteiger partial charge in [-0.3, -0.25) is 8.42 Å². The zero-order valence-electron chi connectivity index (χ0n) is 5.96. The van der Waals surface area contributed by atoms with E-state index in [2.05, 4.69) is 0 Å². The molecule has 0 spiro atoms. The van der Waals surface area contributed by atoms with Crippen molar-refractivity contribution in [2.24, 2.45) is 0 Å². The molecule has 8 heteroatoms. The molecular weight excluding hydrogens is 192 g/mol. The van der Waals surface area contributed by atoms with E-state index in [0.29, 0.717) is 0 Å². The molecule has 2 N–H and O–H groups in total. The summed E-state index contributed by atoms with van der Waals surface area (Å²) in [6.07, 6.45) is 0. The van der Waals surface area contributed by atoms with Crippen molar-refractivity contribution in [1.82, 2.24) is 0 Å². The van der Waals surface area contributed by atoms with Crippen LogP contribution in [0.4, 0.5) is 0 Å². The van der Waals surface area contributed by atoms with Gasteiger partial charge in [-0.15, -0.1) is 0 Å². The van der Waals surface area contributed by atoms with Crippen LogP contribution in [0.3, 0.4) is 0 Å². The second kappa shape index (κ2) is 9.35. The molecule has 0 saturated heterocycles. The summed E-state index contributed by atoms with van der Waals surface area (Å²) >= 11 is 0. The Morgan fingerprint density at radius 3 is 1.12 bits per heavy atom. The molecule has 0 aliphatic rings. The van der Waals surface area contributed by atoms with Crippen molar-refractivity contribution in [2.75, 3.05) is 0 Å². The normalized spacial score (nSPS) is 7.25. The summed E-state index contributed by atoms with van der Waals surface area (Å²) in [5, 5.41) is 0. The Morgan fingerprint density at radius 1 is 1.12 bits per heavy atom. The van der Waals surface area contributed by atoms with Crippen molar-refractivity contribution in [3.63, 3.8) is 0 Å². The van der Waals surface area contributed by atoms with Gasteiger partial charge in [0.05, 0.1) is 0 Å². The van der Waals surface area contributed by atoms with Crippen molar-refractivity contribution in [3.8, 4) is 0 Å². The van der Waals surface area contributed by atoms with Gasteiger partial charge in [0.25, 0.3) is 0 Å². The van der Waals surface area contributed by atoms with Crippen LogP contribution in [0.15, 0.2) is 0 Å². The fourth-order valence-electron chi connectivity index (χ4n) is 0. The van der Waals surface area contributed by atoms with Gasteiger partial charge in [0.1, 0.15) is 0 Å². The van der Waals surface area contributed by atoms with E-state index < -0.39 is 10.4 Å². The summed E-state index contributed by atoms with van der Waals surface area (Å²) in [4.78, 5) is 0. The van der Waals surface area contributed by atoms with Crippen LogP contribution in [0.2, 0.25) is 0 Å². The summed E-state index contributed by atoms with van der Waals surface area (Å²) in [6, 6.07) is 0. The molecule has 0 unspecified atom stereocenters. The van der Waals surface area contributed by atoms with Crippen molar-refractivity contribution >= 4 is 85.9 Å². The molecule has 0 fully saturated rings. The average Bonchev–Trinajstić information content (AvgIpc) is 0.722. The van der Waals surface area contributed by atoms with Gasteiger partial charge in [-0.1, -0.05) is 0 Å². The second-order valence-electron chi connectivity index (χ2n) is 0.408. The van der Waals surface area contributed by atoms with Crippen LogP contribution in [0.5, 0.6) is 0 Å². The first kappa shape index (κ1) is 22.4. The van der Waals surface area contributed by atoms with Crippen LogP contribution in [0.1, 0.15) is 2.85 Å². The first-order valence-corrected chi connectivity index (χ1v) is 2.00. The first-order valence-electron chi connectivity index (χ1n) is 0.667.